The molecule has 0 bridgehead atoms. The number of anilines is 1. The minimum absolute atomic E-state index is 0.0640. The lowest BCUT2D eigenvalue weighted by atomic mass is 10.1. The fourth-order valence-electron chi connectivity index (χ4n) is 3.86. The molecule has 2 aromatic carbocycles. The van der Waals surface area contributed by atoms with E-state index in [0.717, 1.165) is 38.1 Å². The van der Waals surface area contributed by atoms with E-state index >= 15 is 0 Å². The third-order valence-corrected chi connectivity index (χ3v) is 5.09. The molecule has 1 amide bonds. The van der Waals surface area contributed by atoms with E-state index in [2.05, 4.69) is 53.2 Å². The number of amides is 1. The molecule has 1 aliphatic rings. The number of carbonyl (C=O) groups is 1. The van der Waals surface area contributed by atoms with E-state index in [0.29, 0.717) is 6.42 Å². The smallest absolute Gasteiger partial charge is 0.224 e. The highest BCUT2D eigenvalue weighted by Gasteiger charge is 2.17. The minimum atomic E-state index is 0.0640. The lowest BCUT2D eigenvalue weighted by Crippen LogP contribution is -2.15. The molecular weight excluding hydrogens is 312 g/mol. The van der Waals surface area contributed by atoms with Gasteiger partial charge >= 0.3 is 0 Å². The van der Waals surface area contributed by atoms with Crippen LogP contribution in [0.5, 0.6) is 0 Å². The van der Waals surface area contributed by atoms with Crippen LogP contribution in [0.1, 0.15) is 32.6 Å². The van der Waals surface area contributed by atoms with Crippen molar-refractivity contribution in [3.63, 3.8) is 0 Å². The molecule has 1 N–H and O–H groups in total. The predicted molar refractivity (Wildman–Crippen MR) is 102 cm³/mol. The fourth-order valence-corrected chi connectivity index (χ4v) is 3.86. The summed E-state index contributed by atoms with van der Waals surface area (Å²) in [6.45, 7) is 3.92. The van der Waals surface area contributed by atoms with Crippen LogP contribution in [-0.4, -0.2) is 23.2 Å². The van der Waals surface area contributed by atoms with Crippen LogP contribution >= 0.6 is 0 Å². The summed E-state index contributed by atoms with van der Waals surface area (Å²) >= 11 is 0. The number of para-hydroxylation sites is 1. The Morgan fingerprint density at radius 1 is 1.20 bits per heavy atom. The molecule has 1 fully saturated rings. The summed E-state index contributed by atoms with van der Waals surface area (Å²) in [6.07, 6.45) is 3.78. The molecule has 0 radical (unpaired) electrons. The molecule has 4 rings (SSSR count). The number of ether oxygens (including phenoxy) is 1. The van der Waals surface area contributed by atoms with Gasteiger partial charge in [-0.2, -0.15) is 0 Å². The summed E-state index contributed by atoms with van der Waals surface area (Å²) in [4.78, 5) is 12.3. The number of hydrogen-bond donors (Lipinski definition) is 1. The number of carbonyl (C=O) groups excluding carboxylic acids is 1. The van der Waals surface area contributed by atoms with Crippen molar-refractivity contribution in [1.82, 2.24) is 4.57 Å². The number of fused-ring (bicyclic) bond motifs is 3. The number of nitrogens with one attached hydrogen (secondary N) is 1. The summed E-state index contributed by atoms with van der Waals surface area (Å²) in [5, 5.41) is 5.47. The Morgan fingerprint density at radius 3 is 2.84 bits per heavy atom. The number of aromatic nitrogens is 1. The van der Waals surface area contributed by atoms with E-state index in [-0.39, 0.29) is 12.0 Å². The number of rotatable bonds is 5. The van der Waals surface area contributed by atoms with Gasteiger partial charge in [-0.3, -0.25) is 4.79 Å². The maximum atomic E-state index is 12.3. The Morgan fingerprint density at radius 2 is 2.04 bits per heavy atom. The van der Waals surface area contributed by atoms with Gasteiger partial charge in [0, 0.05) is 47.1 Å². The van der Waals surface area contributed by atoms with Crippen LogP contribution in [-0.2, 0) is 16.1 Å². The van der Waals surface area contributed by atoms with E-state index in [1.807, 2.05) is 6.07 Å². The Bertz CT molecular complexity index is 907. The molecule has 4 heteroatoms. The normalized spacial score (nSPS) is 17.4. The van der Waals surface area contributed by atoms with E-state index < -0.39 is 0 Å². The molecule has 0 aliphatic carbocycles. The van der Waals surface area contributed by atoms with Crippen molar-refractivity contribution in [1.29, 1.82) is 0 Å². The van der Waals surface area contributed by atoms with E-state index in [1.54, 1.807) is 0 Å². The highest BCUT2D eigenvalue weighted by molar-refractivity contribution is 6.09. The molecule has 1 atom stereocenters. The van der Waals surface area contributed by atoms with Gasteiger partial charge in [-0.05, 0) is 50.5 Å². The standard InChI is InChI=1S/C21H24N2O2/c1-2-23-19-8-4-3-7-17(19)18-14-15(9-11-20(18)23)22-21(24)12-10-16-6-5-13-25-16/h3-4,7-9,11,14,16H,2,5-6,10,12-13H2,1H3,(H,22,24). The third kappa shape index (κ3) is 3.14. The van der Waals surface area contributed by atoms with E-state index in [9.17, 15) is 4.79 Å². The molecule has 1 aliphatic heterocycles. The SMILES string of the molecule is CCn1c2ccccc2c2cc(NC(=O)CCC3CCCO3)ccc21. The zero-order chi connectivity index (χ0) is 17.2. The molecule has 2 heterocycles. The van der Waals surface area contributed by atoms with Crippen LogP contribution in [0.4, 0.5) is 5.69 Å². The first-order valence-corrected chi connectivity index (χ1v) is 9.18. The fraction of sp³-hybridized carbons (Fsp3) is 0.381. The lowest BCUT2D eigenvalue weighted by Gasteiger charge is -2.10. The Kier molecular flexibility index (Phi) is 4.45. The van der Waals surface area contributed by atoms with Crippen LogP contribution in [0, 0.1) is 0 Å². The number of hydrogen-bond acceptors (Lipinski definition) is 2. The largest absolute Gasteiger partial charge is 0.378 e. The average molecular weight is 336 g/mol. The maximum absolute atomic E-state index is 12.3. The lowest BCUT2D eigenvalue weighted by molar-refractivity contribution is -0.116. The van der Waals surface area contributed by atoms with Gasteiger partial charge in [0.2, 0.25) is 5.91 Å². The molecule has 1 unspecified atom stereocenters. The van der Waals surface area contributed by atoms with Crippen molar-refractivity contribution >= 4 is 33.4 Å². The van der Waals surface area contributed by atoms with Gasteiger partial charge in [-0.1, -0.05) is 18.2 Å². The summed E-state index contributed by atoms with van der Waals surface area (Å²) in [5.74, 6) is 0.0640. The molecule has 25 heavy (non-hydrogen) atoms. The Hall–Kier alpha value is -2.33. The molecule has 3 aromatic rings. The number of aryl methyl sites for hydroxylation is 1. The molecule has 0 spiro atoms. The first kappa shape index (κ1) is 16.2. The summed E-state index contributed by atoms with van der Waals surface area (Å²) in [6, 6.07) is 14.6. The van der Waals surface area contributed by atoms with Crippen LogP contribution in [0.2, 0.25) is 0 Å². The van der Waals surface area contributed by atoms with Crippen molar-refractivity contribution in [3.05, 3.63) is 42.5 Å². The molecule has 1 saturated heterocycles. The zero-order valence-corrected chi connectivity index (χ0v) is 14.6. The first-order chi connectivity index (χ1) is 12.3. The summed E-state index contributed by atoms with van der Waals surface area (Å²) in [7, 11) is 0. The van der Waals surface area contributed by atoms with Gasteiger partial charge in [0.1, 0.15) is 0 Å². The average Bonchev–Trinajstić information content (AvgIpc) is 3.25. The third-order valence-electron chi connectivity index (χ3n) is 5.09. The molecular formula is C21H24N2O2. The maximum Gasteiger partial charge on any atom is 0.224 e. The van der Waals surface area contributed by atoms with Crippen LogP contribution in [0.25, 0.3) is 21.8 Å². The quantitative estimate of drug-likeness (QED) is 0.733. The van der Waals surface area contributed by atoms with Gasteiger partial charge in [-0.25, -0.2) is 0 Å². The summed E-state index contributed by atoms with van der Waals surface area (Å²) in [5.41, 5.74) is 3.31. The topological polar surface area (TPSA) is 43.3 Å². The highest BCUT2D eigenvalue weighted by atomic mass is 16.5. The molecule has 130 valence electrons. The van der Waals surface area contributed by atoms with Crippen molar-refractivity contribution < 1.29 is 9.53 Å². The van der Waals surface area contributed by atoms with E-state index in [1.165, 1.54) is 21.8 Å². The Labute approximate surface area is 147 Å². The van der Waals surface area contributed by atoms with Gasteiger partial charge < -0.3 is 14.6 Å². The predicted octanol–water partition coefficient (Wildman–Crippen LogP) is 4.71. The van der Waals surface area contributed by atoms with Crippen molar-refractivity contribution in [2.45, 2.75) is 45.3 Å². The van der Waals surface area contributed by atoms with Crippen LogP contribution < -0.4 is 5.32 Å². The second kappa shape index (κ2) is 6.89. The molecule has 1 aromatic heterocycles. The van der Waals surface area contributed by atoms with Crippen molar-refractivity contribution in [2.75, 3.05) is 11.9 Å². The molecule has 0 saturated carbocycles. The van der Waals surface area contributed by atoms with Crippen LogP contribution in [0.3, 0.4) is 0 Å². The second-order valence-electron chi connectivity index (χ2n) is 6.72. The molecule has 4 nitrogen and oxygen atoms in total. The van der Waals surface area contributed by atoms with Crippen molar-refractivity contribution in [3.8, 4) is 0 Å². The van der Waals surface area contributed by atoms with Crippen LogP contribution in [0.15, 0.2) is 42.5 Å². The minimum Gasteiger partial charge on any atom is -0.378 e. The van der Waals surface area contributed by atoms with Gasteiger partial charge in [0.05, 0.1) is 6.10 Å². The van der Waals surface area contributed by atoms with Gasteiger partial charge in [0.15, 0.2) is 0 Å². The Balaban J connectivity index is 1.56. The van der Waals surface area contributed by atoms with Gasteiger partial charge in [-0.15, -0.1) is 0 Å². The van der Waals surface area contributed by atoms with Crippen molar-refractivity contribution in [2.24, 2.45) is 0 Å². The number of benzene rings is 2. The monoisotopic (exact) mass is 336 g/mol. The summed E-state index contributed by atoms with van der Waals surface area (Å²) < 4.78 is 7.90. The first-order valence-electron chi connectivity index (χ1n) is 9.18. The second-order valence-corrected chi connectivity index (χ2v) is 6.72. The highest BCUT2D eigenvalue weighted by Crippen LogP contribution is 2.31. The number of nitrogens with zero attached hydrogens (tertiary/aromatic N) is 1. The van der Waals surface area contributed by atoms with E-state index in [4.69, 9.17) is 4.74 Å². The van der Waals surface area contributed by atoms with Gasteiger partial charge in [0.25, 0.3) is 0 Å². The zero-order valence-electron chi connectivity index (χ0n) is 14.6.